The van der Waals surface area contributed by atoms with Crippen LogP contribution in [0.2, 0.25) is 0 Å². The van der Waals surface area contributed by atoms with Crippen molar-refractivity contribution >= 4 is 21.6 Å². The van der Waals surface area contributed by atoms with Crippen molar-refractivity contribution < 1.29 is 13.2 Å². The molecule has 2 saturated heterocycles. The molecule has 1 amide bonds. The van der Waals surface area contributed by atoms with E-state index in [1.54, 1.807) is 12.1 Å². The lowest BCUT2D eigenvalue weighted by Crippen LogP contribution is -2.38. The molecule has 3 rings (SSSR count). The van der Waals surface area contributed by atoms with Gasteiger partial charge in [0, 0.05) is 18.7 Å². The van der Waals surface area contributed by atoms with Crippen molar-refractivity contribution in [2.24, 2.45) is 0 Å². The number of benzene rings is 1. The molecule has 2 aliphatic heterocycles. The molecule has 0 radical (unpaired) electrons. The van der Waals surface area contributed by atoms with Crippen LogP contribution in [-0.4, -0.2) is 57.7 Å². The van der Waals surface area contributed by atoms with E-state index in [4.69, 9.17) is 0 Å². The molecule has 7 heteroatoms. The fourth-order valence-electron chi connectivity index (χ4n) is 4.05. The second-order valence-electron chi connectivity index (χ2n) is 7.96. The quantitative estimate of drug-likeness (QED) is 0.736. The van der Waals surface area contributed by atoms with Gasteiger partial charge in [0.15, 0.2) is 0 Å². The molecule has 0 saturated carbocycles. The Morgan fingerprint density at radius 1 is 1.04 bits per heavy atom. The molecule has 0 aliphatic carbocycles. The summed E-state index contributed by atoms with van der Waals surface area (Å²) in [4.78, 5) is 15.1. The number of aryl methyl sites for hydroxylation is 1. The lowest BCUT2D eigenvalue weighted by molar-refractivity contribution is 0.0951. The molecule has 2 heterocycles. The lowest BCUT2D eigenvalue weighted by Gasteiger charge is -2.29. The number of carbonyl (C=O) groups excluding carboxylic acids is 1. The molecular weight excluding hydrogens is 374 g/mol. The van der Waals surface area contributed by atoms with E-state index < -0.39 is 10.0 Å². The first kappa shape index (κ1) is 21.1. The third-order valence-electron chi connectivity index (χ3n) is 5.72. The maximum Gasteiger partial charge on any atom is 0.251 e. The van der Waals surface area contributed by atoms with Crippen LogP contribution in [0.1, 0.15) is 60.9 Å². The minimum Gasteiger partial charge on any atom is -0.352 e. The normalized spacial score (nSPS) is 20.5. The Morgan fingerprint density at radius 2 is 1.75 bits per heavy atom. The van der Waals surface area contributed by atoms with Crippen LogP contribution in [0.25, 0.3) is 0 Å². The van der Waals surface area contributed by atoms with Crippen LogP contribution < -0.4 is 9.62 Å². The van der Waals surface area contributed by atoms with Crippen LogP contribution >= 0.6 is 0 Å². The van der Waals surface area contributed by atoms with Gasteiger partial charge in [-0.25, -0.2) is 8.42 Å². The molecule has 1 aromatic rings. The summed E-state index contributed by atoms with van der Waals surface area (Å²) in [6.45, 7) is 6.37. The maximum absolute atomic E-state index is 12.6. The standard InChI is InChI=1S/C21H33N3O3S/c1-18-9-10-19(17-20(18)24-15-6-7-16-28(24,26)27)21(25)22-11-8-14-23-12-4-2-3-5-13-23/h9-10,17H,2-8,11-16H2,1H3,(H,22,25). The number of amides is 1. The predicted octanol–water partition coefficient (Wildman–Crippen LogP) is 2.92. The lowest BCUT2D eigenvalue weighted by atomic mass is 10.1. The highest BCUT2D eigenvalue weighted by Gasteiger charge is 2.27. The van der Waals surface area contributed by atoms with Gasteiger partial charge in [-0.05, 0) is 76.4 Å². The van der Waals surface area contributed by atoms with E-state index in [9.17, 15) is 13.2 Å². The van der Waals surface area contributed by atoms with Gasteiger partial charge in [0.2, 0.25) is 10.0 Å². The summed E-state index contributed by atoms with van der Waals surface area (Å²) in [5.41, 5.74) is 2.04. The van der Waals surface area contributed by atoms with Crippen LogP contribution in [0.4, 0.5) is 5.69 Å². The summed E-state index contributed by atoms with van der Waals surface area (Å²) in [5.74, 6) is 0.0471. The molecule has 28 heavy (non-hydrogen) atoms. The van der Waals surface area contributed by atoms with Crippen LogP contribution in [-0.2, 0) is 10.0 Å². The highest BCUT2D eigenvalue weighted by atomic mass is 32.2. The minimum absolute atomic E-state index is 0.133. The molecule has 0 spiro atoms. The third-order valence-corrected chi connectivity index (χ3v) is 7.58. The summed E-state index contributed by atoms with van der Waals surface area (Å²) in [6, 6.07) is 5.34. The van der Waals surface area contributed by atoms with Crippen molar-refractivity contribution in [3.63, 3.8) is 0 Å². The SMILES string of the molecule is Cc1ccc(C(=O)NCCCN2CCCCCC2)cc1N1CCCCS1(=O)=O. The maximum atomic E-state index is 12.6. The monoisotopic (exact) mass is 407 g/mol. The predicted molar refractivity (Wildman–Crippen MR) is 113 cm³/mol. The number of hydrogen-bond donors (Lipinski definition) is 1. The second-order valence-corrected chi connectivity index (χ2v) is 9.97. The Hall–Kier alpha value is -1.60. The molecule has 0 bridgehead atoms. The van der Waals surface area contributed by atoms with Crippen LogP contribution in [0.3, 0.4) is 0 Å². The molecule has 6 nitrogen and oxygen atoms in total. The van der Waals surface area contributed by atoms with E-state index in [0.29, 0.717) is 30.8 Å². The molecule has 0 aromatic heterocycles. The first-order valence-corrected chi connectivity index (χ1v) is 12.2. The van der Waals surface area contributed by atoms with Gasteiger partial charge < -0.3 is 10.2 Å². The van der Waals surface area contributed by atoms with E-state index in [-0.39, 0.29) is 11.7 Å². The number of nitrogens with zero attached hydrogens (tertiary/aromatic N) is 2. The van der Waals surface area contributed by atoms with Crippen molar-refractivity contribution in [2.75, 3.05) is 42.8 Å². The van der Waals surface area contributed by atoms with Gasteiger partial charge >= 0.3 is 0 Å². The Labute approximate surface area is 169 Å². The van der Waals surface area contributed by atoms with Crippen LogP contribution in [0.5, 0.6) is 0 Å². The average Bonchev–Trinajstić information content (AvgIpc) is 2.94. The van der Waals surface area contributed by atoms with Gasteiger partial charge in [0.25, 0.3) is 5.91 Å². The first-order valence-electron chi connectivity index (χ1n) is 10.6. The molecular formula is C21H33N3O3S. The van der Waals surface area contributed by atoms with E-state index >= 15 is 0 Å². The molecule has 0 unspecified atom stereocenters. The van der Waals surface area contributed by atoms with Gasteiger partial charge in [-0.2, -0.15) is 0 Å². The average molecular weight is 408 g/mol. The zero-order valence-electron chi connectivity index (χ0n) is 17.0. The van der Waals surface area contributed by atoms with Crippen molar-refractivity contribution in [1.82, 2.24) is 10.2 Å². The summed E-state index contributed by atoms with van der Waals surface area (Å²) in [7, 11) is -3.28. The minimum atomic E-state index is -3.28. The number of rotatable bonds is 6. The second kappa shape index (κ2) is 9.74. The Balaban J connectivity index is 1.56. The van der Waals surface area contributed by atoms with Crippen molar-refractivity contribution in [3.8, 4) is 0 Å². The molecule has 0 atom stereocenters. The van der Waals surface area contributed by atoms with Crippen LogP contribution in [0, 0.1) is 6.92 Å². The number of carbonyl (C=O) groups is 1. The number of sulfonamides is 1. The third kappa shape index (κ3) is 5.47. The van der Waals surface area contributed by atoms with Gasteiger partial charge in [-0.3, -0.25) is 9.10 Å². The highest BCUT2D eigenvalue weighted by molar-refractivity contribution is 7.92. The summed E-state index contributed by atoms with van der Waals surface area (Å²) in [6.07, 6.45) is 7.70. The molecule has 156 valence electrons. The van der Waals surface area contributed by atoms with Gasteiger partial charge in [0.1, 0.15) is 0 Å². The zero-order chi connectivity index (χ0) is 20.0. The van der Waals surface area contributed by atoms with Crippen molar-refractivity contribution in [2.45, 2.75) is 51.9 Å². The van der Waals surface area contributed by atoms with Crippen molar-refractivity contribution in [3.05, 3.63) is 29.3 Å². The summed E-state index contributed by atoms with van der Waals surface area (Å²) < 4.78 is 26.3. The van der Waals surface area contributed by atoms with Crippen LogP contribution in [0.15, 0.2) is 18.2 Å². The highest BCUT2D eigenvalue weighted by Crippen LogP contribution is 2.28. The number of hydrogen-bond acceptors (Lipinski definition) is 4. The van der Waals surface area contributed by atoms with Gasteiger partial charge in [-0.1, -0.05) is 18.9 Å². The molecule has 1 aromatic carbocycles. The summed E-state index contributed by atoms with van der Waals surface area (Å²) >= 11 is 0. The largest absolute Gasteiger partial charge is 0.352 e. The molecule has 2 aliphatic rings. The van der Waals surface area contributed by atoms with Gasteiger partial charge in [0.05, 0.1) is 11.4 Å². The van der Waals surface area contributed by atoms with Crippen molar-refractivity contribution in [1.29, 1.82) is 0 Å². The molecule has 2 fully saturated rings. The fraction of sp³-hybridized carbons (Fsp3) is 0.667. The number of anilines is 1. The first-order chi connectivity index (χ1) is 13.5. The van der Waals surface area contributed by atoms with E-state index in [1.165, 1.54) is 43.1 Å². The van der Waals surface area contributed by atoms with E-state index in [0.717, 1.165) is 24.9 Å². The smallest absolute Gasteiger partial charge is 0.251 e. The van der Waals surface area contributed by atoms with E-state index in [2.05, 4.69) is 10.2 Å². The number of likely N-dealkylation sites (tertiary alicyclic amines) is 1. The van der Waals surface area contributed by atoms with Gasteiger partial charge in [-0.15, -0.1) is 0 Å². The summed E-state index contributed by atoms with van der Waals surface area (Å²) in [5, 5.41) is 2.99. The van der Waals surface area contributed by atoms with E-state index in [1.807, 2.05) is 13.0 Å². The topological polar surface area (TPSA) is 69.7 Å². The Kier molecular flexibility index (Phi) is 7.35. The Bertz CT molecular complexity index is 771. The fourth-order valence-corrected chi connectivity index (χ4v) is 5.74. The Morgan fingerprint density at radius 3 is 2.46 bits per heavy atom. The zero-order valence-corrected chi connectivity index (χ0v) is 17.8. The molecule has 1 N–H and O–H groups in total. The number of nitrogens with one attached hydrogen (secondary N) is 1.